The molecule has 0 radical (unpaired) electrons. The fraction of sp³-hybridized carbons (Fsp3) is 0.844. The lowest BCUT2D eigenvalue weighted by atomic mass is 9.96. The zero-order valence-corrected chi connectivity index (χ0v) is 26.6. The molecule has 1 rings (SSSR count). The number of hydrogen-bond donors (Lipinski definition) is 5. The standard InChI is InChI=1S/C32H58N2O8/c1-6-7-8-9-11-14-23(4)15-12-10-13-16-27(36)42-24-18-19-25(31(39)33-21-24)34-32(40)30(41-5)29(38)28(37)26(35)20-17-22(2)3/h17,20,22-26,28-30,35,37-38H,6-16,18-19,21H2,1-5H3,(H,33,39)(H,34,40)/b20-17+. The van der Waals surface area contributed by atoms with Crippen LogP contribution in [-0.2, 0) is 23.9 Å². The third-order valence-electron chi connectivity index (χ3n) is 7.81. The average Bonchev–Trinajstić information content (AvgIpc) is 3.11. The summed E-state index contributed by atoms with van der Waals surface area (Å²) in [6.07, 6.45) is 8.98. The van der Waals surface area contributed by atoms with Gasteiger partial charge in [-0.15, -0.1) is 0 Å². The van der Waals surface area contributed by atoms with E-state index in [0.717, 1.165) is 19.3 Å². The summed E-state index contributed by atoms with van der Waals surface area (Å²) in [5.41, 5.74) is 0. The minimum atomic E-state index is -1.73. The number of allylic oxidation sites excluding steroid dienone is 1. The highest BCUT2D eigenvalue weighted by Gasteiger charge is 2.37. The number of carbonyl (C=O) groups excluding carboxylic acids is 3. The summed E-state index contributed by atoms with van der Waals surface area (Å²) in [6.45, 7) is 8.47. The van der Waals surface area contributed by atoms with Crippen molar-refractivity contribution in [3.63, 3.8) is 0 Å². The lowest BCUT2D eigenvalue weighted by molar-refractivity contribution is -0.151. The topological polar surface area (TPSA) is 154 Å². The van der Waals surface area contributed by atoms with Crippen molar-refractivity contribution in [3.05, 3.63) is 12.2 Å². The molecule has 42 heavy (non-hydrogen) atoms. The predicted octanol–water partition coefficient (Wildman–Crippen LogP) is 3.55. The number of hydrogen-bond acceptors (Lipinski definition) is 8. The highest BCUT2D eigenvalue weighted by Crippen LogP contribution is 2.19. The molecule has 0 spiro atoms. The first kappa shape index (κ1) is 38.0. The largest absolute Gasteiger partial charge is 0.460 e. The van der Waals surface area contributed by atoms with Gasteiger partial charge in [0.25, 0.3) is 5.91 Å². The molecule has 1 fully saturated rings. The number of amides is 2. The maximum Gasteiger partial charge on any atom is 0.306 e. The first-order chi connectivity index (χ1) is 20.0. The molecule has 1 aliphatic rings. The Balaban J connectivity index is 2.42. The fourth-order valence-electron chi connectivity index (χ4n) is 5.07. The maximum absolute atomic E-state index is 12.8. The first-order valence-electron chi connectivity index (χ1n) is 16.0. The number of nitrogens with one attached hydrogen (secondary N) is 2. The van der Waals surface area contributed by atoms with Crippen LogP contribution in [0.1, 0.15) is 111 Å². The summed E-state index contributed by atoms with van der Waals surface area (Å²) in [5, 5.41) is 36.2. The highest BCUT2D eigenvalue weighted by atomic mass is 16.5. The molecule has 0 saturated carbocycles. The third kappa shape index (κ3) is 15.5. The van der Waals surface area contributed by atoms with Gasteiger partial charge in [-0.1, -0.05) is 97.6 Å². The van der Waals surface area contributed by atoms with E-state index in [9.17, 15) is 29.7 Å². The van der Waals surface area contributed by atoms with Gasteiger partial charge in [0.05, 0.1) is 6.54 Å². The Labute approximate surface area is 253 Å². The highest BCUT2D eigenvalue weighted by molar-refractivity contribution is 5.89. The summed E-state index contributed by atoms with van der Waals surface area (Å²) in [5.74, 6) is -0.692. The smallest absolute Gasteiger partial charge is 0.306 e. The first-order valence-corrected chi connectivity index (χ1v) is 16.0. The molecule has 0 aromatic heterocycles. The number of methoxy groups -OCH3 is 1. The molecule has 2 amide bonds. The Hall–Kier alpha value is -2.01. The van der Waals surface area contributed by atoms with Gasteiger partial charge in [0.1, 0.15) is 30.5 Å². The number of aliphatic hydroxyl groups is 3. The van der Waals surface area contributed by atoms with Crippen LogP contribution < -0.4 is 10.6 Å². The van der Waals surface area contributed by atoms with Gasteiger partial charge in [-0.3, -0.25) is 14.4 Å². The lowest BCUT2D eigenvalue weighted by Crippen LogP contribution is -2.55. The maximum atomic E-state index is 12.8. The van der Waals surface area contributed by atoms with Crippen molar-refractivity contribution in [2.75, 3.05) is 13.7 Å². The number of rotatable bonds is 21. The van der Waals surface area contributed by atoms with Crippen LogP contribution in [-0.4, -0.2) is 83.3 Å². The van der Waals surface area contributed by atoms with Gasteiger partial charge in [-0.25, -0.2) is 0 Å². The molecular weight excluding hydrogens is 540 g/mol. The van der Waals surface area contributed by atoms with E-state index >= 15 is 0 Å². The van der Waals surface area contributed by atoms with Gasteiger partial charge in [-0.2, -0.15) is 0 Å². The normalized spacial score (nSPS) is 21.3. The second-order valence-corrected chi connectivity index (χ2v) is 12.2. The summed E-state index contributed by atoms with van der Waals surface area (Å²) < 4.78 is 10.7. The van der Waals surface area contributed by atoms with E-state index < -0.39 is 48.4 Å². The van der Waals surface area contributed by atoms with E-state index in [4.69, 9.17) is 9.47 Å². The van der Waals surface area contributed by atoms with E-state index in [1.54, 1.807) is 6.08 Å². The van der Waals surface area contributed by atoms with E-state index in [-0.39, 0.29) is 24.9 Å². The molecule has 244 valence electrons. The monoisotopic (exact) mass is 598 g/mol. The van der Waals surface area contributed by atoms with Crippen molar-refractivity contribution in [3.8, 4) is 0 Å². The van der Waals surface area contributed by atoms with E-state index in [1.165, 1.54) is 58.1 Å². The Kier molecular flexibility index (Phi) is 19.6. The minimum Gasteiger partial charge on any atom is -0.460 e. The molecule has 0 bridgehead atoms. The van der Waals surface area contributed by atoms with E-state index in [0.29, 0.717) is 18.8 Å². The van der Waals surface area contributed by atoms with Gasteiger partial charge in [0.15, 0.2) is 6.10 Å². The molecule has 7 unspecified atom stereocenters. The van der Waals surface area contributed by atoms with Crippen molar-refractivity contribution in [1.29, 1.82) is 0 Å². The third-order valence-corrected chi connectivity index (χ3v) is 7.81. The number of esters is 1. The SMILES string of the molecule is CCCCCCCC(C)CCCCCC(=O)OC1CCC(NC(=O)C(OC)C(O)C(O)C(O)/C=C/C(C)C)C(=O)NC1. The van der Waals surface area contributed by atoms with Crippen LogP contribution in [0.3, 0.4) is 0 Å². The Morgan fingerprint density at radius 3 is 2.21 bits per heavy atom. The van der Waals surface area contributed by atoms with E-state index in [2.05, 4.69) is 24.5 Å². The van der Waals surface area contributed by atoms with Crippen LogP contribution in [0.15, 0.2) is 12.2 Å². The number of unbranched alkanes of at least 4 members (excludes halogenated alkanes) is 6. The molecule has 5 N–H and O–H groups in total. The Morgan fingerprint density at radius 2 is 1.60 bits per heavy atom. The summed E-state index contributed by atoms with van der Waals surface area (Å²) in [4.78, 5) is 37.8. The molecule has 7 atom stereocenters. The van der Waals surface area contributed by atoms with Crippen LogP contribution >= 0.6 is 0 Å². The van der Waals surface area contributed by atoms with Gasteiger partial charge >= 0.3 is 5.97 Å². The second-order valence-electron chi connectivity index (χ2n) is 12.2. The lowest BCUT2D eigenvalue weighted by Gasteiger charge is -2.28. The average molecular weight is 599 g/mol. The molecule has 1 saturated heterocycles. The van der Waals surface area contributed by atoms with Crippen molar-refractivity contribution >= 4 is 17.8 Å². The Bertz CT molecular complexity index is 805. The number of aliphatic hydroxyl groups excluding tert-OH is 3. The number of ether oxygens (including phenoxy) is 2. The van der Waals surface area contributed by atoms with Crippen molar-refractivity contribution in [1.82, 2.24) is 10.6 Å². The van der Waals surface area contributed by atoms with Gasteiger partial charge < -0.3 is 35.4 Å². The van der Waals surface area contributed by atoms with Gasteiger partial charge in [0.2, 0.25) is 5.91 Å². The fourth-order valence-corrected chi connectivity index (χ4v) is 5.07. The minimum absolute atomic E-state index is 0.121. The second kappa shape index (κ2) is 21.6. The van der Waals surface area contributed by atoms with Crippen molar-refractivity contribution in [2.45, 2.75) is 148 Å². The van der Waals surface area contributed by atoms with E-state index in [1.807, 2.05) is 13.8 Å². The molecule has 0 aromatic carbocycles. The molecule has 1 heterocycles. The molecule has 1 aliphatic heterocycles. The van der Waals surface area contributed by atoms with Crippen LogP contribution in [0, 0.1) is 11.8 Å². The van der Waals surface area contributed by atoms with Crippen LogP contribution in [0.4, 0.5) is 0 Å². The summed E-state index contributed by atoms with van der Waals surface area (Å²) >= 11 is 0. The van der Waals surface area contributed by atoms with Crippen LogP contribution in [0.2, 0.25) is 0 Å². The molecular formula is C32H58N2O8. The Morgan fingerprint density at radius 1 is 0.952 bits per heavy atom. The summed E-state index contributed by atoms with van der Waals surface area (Å²) in [7, 11) is 1.19. The zero-order valence-electron chi connectivity index (χ0n) is 26.6. The van der Waals surface area contributed by atoms with Crippen molar-refractivity contribution < 1.29 is 39.2 Å². The quantitative estimate of drug-likeness (QED) is 0.0764. The van der Waals surface area contributed by atoms with Gasteiger partial charge in [-0.05, 0) is 31.1 Å². The van der Waals surface area contributed by atoms with Crippen LogP contribution in [0.5, 0.6) is 0 Å². The molecule has 0 aromatic rings. The predicted molar refractivity (Wildman–Crippen MR) is 162 cm³/mol. The molecule has 10 heteroatoms. The molecule has 10 nitrogen and oxygen atoms in total. The zero-order chi connectivity index (χ0) is 31.5. The van der Waals surface area contributed by atoms with Crippen LogP contribution in [0.25, 0.3) is 0 Å². The summed E-state index contributed by atoms with van der Waals surface area (Å²) in [6, 6.07) is -0.928. The van der Waals surface area contributed by atoms with Gasteiger partial charge in [0, 0.05) is 13.5 Å². The molecule has 0 aliphatic carbocycles. The van der Waals surface area contributed by atoms with Crippen molar-refractivity contribution in [2.24, 2.45) is 11.8 Å². The number of carbonyl (C=O) groups is 3.